The molecule has 1 amide bonds. The van der Waals surface area contributed by atoms with Gasteiger partial charge in [-0.15, -0.1) is 0 Å². The third-order valence-corrected chi connectivity index (χ3v) is 5.37. The van der Waals surface area contributed by atoms with Gasteiger partial charge >= 0.3 is 0 Å². The van der Waals surface area contributed by atoms with E-state index < -0.39 is 12.0 Å². The van der Waals surface area contributed by atoms with Crippen LogP contribution in [0.15, 0.2) is 24.3 Å². The minimum atomic E-state index is -0.703. The van der Waals surface area contributed by atoms with Crippen molar-refractivity contribution in [2.24, 2.45) is 5.92 Å². The second-order valence-corrected chi connectivity index (χ2v) is 8.03. The van der Waals surface area contributed by atoms with E-state index in [0.29, 0.717) is 12.8 Å². The molecule has 0 bridgehead atoms. The molecule has 174 valence electrons. The van der Waals surface area contributed by atoms with E-state index in [2.05, 4.69) is 29.6 Å². The molecule has 1 atom stereocenters. The molecule has 0 aromatic rings. The zero-order valence-corrected chi connectivity index (χ0v) is 19.3. The van der Waals surface area contributed by atoms with E-state index in [0.717, 1.165) is 57.8 Å². The fraction of sp³-hybridized carbons (Fsp3) is 0.760. The van der Waals surface area contributed by atoms with Crippen molar-refractivity contribution in [3.05, 3.63) is 24.3 Å². The van der Waals surface area contributed by atoms with E-state index >= 15 is 0 Å². The number of hydrogen-bond acceptors (Lipinski definition) is 4. The Labute approximate surface area is 184 Å². The molecular formula is C25H45NO4. The van der Waals surface area contributed by atoms with E-state index in [9.17, 15) is 19.8 Å². The lowest BCUT2D eigenvalue weighted by molar-refractivity contribution is -0.135. The topological polar surface area (TPSA) is 86.6 Å². The van der Waals surface area contributed by atoms with Gasteiger partial charge in [0.25, 0.3) is 0 Å². The molecule has 0 saturated heterocycles. The molecule has 5 nitrogen and oxygen atoms in total. The van der Waals surface area contributed by atoms with E-state index in [1.165, 1.54) is 12.8 Å². The number of carbonyl (C=O) groups excluding carboxylic acids is 2. The molecule has 5 heteroatoms. The highest BCUT2D eigenvalue weighted by atomic mass is 16.3. The first-order chi connectivity index (χ1) is 14.6. The van der Waals surface area contributed by atoms with Crippen LogP contribution in [0.1, 0.15) is 97.3 Å². The predicted molar refractivity (Wildman–Crippen MR) is 124 cm³/mol. The number of nitrogens with one attached hydrogen (secondary N) is 1. The number of ketones is 1. The van der Waals surface area contributed by atoms with Crippen LogP contribution in [0.25, 0.3) is 0 Å². The number of hydrogen-bond donors (Lipinski definition) is 3. The Morgan fingerprint density at radius 1 is 0.767 bits per heavy atom. The summed E-state index contributed by atoms with van der Waals surface area (Å²) in [7, 11) is 0. The zero-order valence-electron chi connectivity index (χ0n) is 19.3. The van der Waals surface area contributed by atoms with Gasteiger partial charge in [0.15, 0.2) is 0 Å². The van der Waals surface area contributed by atoms with Crippen molar-refractivity contribution in [2.45, 2.75) is 103 Å². The average molecular weight is 424 g/mol. The zero-order chi connectivity index (χ0) is 22.5. The van der Waals surface area contributed by atoms with Gasteiger partial charge in [-0.3, -0.25) is 9.59 Å². The maximum atomic E-state index is 12.7. The minimum absolute atomic E-state index is 0.00929. The standard InChI is InChI=1S/C25H45NO4/c1-3-5-7-9-11-13-15-17-19-24(29)23(25(30)26-22(20-27)21-28)18-16-14-12-10-8-6-4-2/h3-6,22-23,27-28H,7-21H2,1-2H3,(H,26,30)/b5-3-,6-4-. The van der Waals surface area contributed by atoms with Gasteiger partial charge in [0.1, 0.15) is 5.78 Å². The quantitative estimate of drug-likeness (QED) is 0.148. The number of Topliss-reactive ketones (excluding diaryl/α,β-unsaturated/α-hetero) is 1. The van der Waals surface area contributed by atoms with Crippen LogP contribution >= 0.6 is 0 Å². The van der Waals surface area contributed by atoms with Crippen LogP contribution in [0, 0.1) is 5.92 Å². The lowest BCUT2D eigenvalue weighted by Crippen LogP contribution is -2.45. The smallest absolute Gasteiger partial charge is 0.230 e. The van der Waals surface area contributed by atoms with Crippen LogP contribution < -0.4 is 5.32 Å². The molecule has 0 rings (SSSR count). The van der Waals surface area contributed by atoms with Crippen molar-refractivity contribution in [2.75, 3.05) is 13.2 Å². The number of aliphatic hydroxyl groups is 2. The summed E-state index contributed by atoms with van der Waals surface area (Å²) in [6.07, 6.45) is 21.0. The summed E-state index contributed by atoms with van der Waals surface area (Å²) in [6, 6.07) is -0.703. The number of allylic oxidation sites excluding steroid dienone is 4. The van der Waals surface area contributed by atoms with Crippen molar-refractivity contribution in [3.8, 4) is 0 Å². The van der Waals surface area contributed by atoms with Crippen molar-refractivity contribution >= 4 is 11.7 Å². The van der Waals surface area contributed by atoms with Crippen molar-refractivity contribution in [1.82, 2.24) is 5.32 Å². The first kappa shape index (κ1) is 28.5. The van der Waals surface area contributed by atoms with Gasteiger partial charge in [0, 0.05) is 6.42 Å². The third kappa shape index (κ3) is 15.4. The van der Waals surface area contributed by atoms with Crippen LogP contribution in [0.4, 0.5) is 0 Å². The Kier molecular flexibility index (Phi) is 19.8. The molecule has 0 heterocycles. The summed E-state index contributed by atoms with van der Waals surface area (Å²) >= 11 is 0. The first-order valence-corrected chi connectivity index (χ1v) is 11.9. The molecule has 30 heavy (non-hydrogen) atoms. The molecule has 0 fully saturated rings. The number of carbonyl (C=O) groups is 2. The molecule has 0 radical (unpaired) electrons. The van der Waals surface area contributed by atoms with Crippen LogP contribution in [0.2, 0.25) is 0 Å². The summed E-state index contributed by atoms with van der Waals surface area (Å²) < 4.78 is 0. The molecule has 3 N–H and O–H groups in total. The molecule has 0 spiro atoms. The highest BCUT2D eigenvalue weighted by Crippen LogP contribution is 2.17. The Balaban J connectivity index is 4.40. The van der Waals surface area contributed by atoms with E-state index in [1.807, 2.05) is 13.8 Å². The lowest BCUT2D eigenvalue weighted by Gasteiger charge is -2.19. The molecule has 0 aliphatic carbocycles. The summed E-state index contributed by atoms with van der Waals surface area (Å²) in [6.45, 7) is 3.39. The predicted octanol–water partition coefficient (Wildman–Crippen LogP) is 4.86. The van der Waals surface area contributed by atoms with Crippen LogP contribution in [-0.4, -0.2) is 41.2 Å². The van der Waals surface area contributed by atoms with Gasteiger partial charge in [0.2, 0.25) is 5.91 Å². The monoisotopic (exact) mass is 423 g/mol. The number of rotatable bonds is 20. The summed E-state index contributed by atoms with van der Waals surface area (Å²) in [5, 5.41) is 21.1. The highest BCUT2D eigenvalue weighted by molar-refractivity contribution is 6.01. The SMILES string of the molecule is C/C=C\CCCCCCCC(=O)C(CCCCCC/C=C\C)C(=O)NC(CO)CO. The fourth-order valence-electron chi connectivity index (χ4n) is 3.45. The molecule has 1 unspecified atom stereocenters. The van der Waals surface area contributed by atoms with Crippen molar-refractivity contribution in [1.29, 1.82) is 0 Å². The Bertz CT molecular complexity index is 484. The van der Waals surface area contributed by atoms with Gasteiger partial charge in [-0.05, 0) is 52.4 Å². The molecule has 0 aliphatic heterocycles. The molecule has 0 aliphatic rings. The molecule has 0 aromatic carbocycles. The molecular weight excluding hydrogens is 378 g/mol. The van der Waals surface area contributed by atoms with Crippen LogP contribution in [0.3, 0.4) is 0 Å². The van der Waals surface area contributed by atoms with Crippen molar-refractivity contribution in [3.63, 3.8) is 0 Å². The maximum absolute atomic E-state index is 12.7. The van der Waals surface area contributed by atoms with Gasteiger partial charge in [-0.25, -0.2) is 0 Å². The highest BCUT2D eigenvalue weighted by Gasteiger charge is 2.27. The number of aliphatic hydroxyl groups excluding tert-OH is 2. The second-order valence-electron chi connectivity index (χ2n) is 8.03. The summed E-state index contributed by atoms with van der Waals surface area (Å²) in [4.78, 5) is 25.3. The van der Waals surface area contributed by atoms with Crippen LogP contribution in [0.5, 0.6) is 0 Å². The average Bonchev–Trinajstić information content (AvgIpc) is 2.75. The van der Waals surface area contributed by atoms with E-state index in [4.69, 9.17) is 0 Å². The Hall–Kier alpha value is -1.46. The van der Waals surface area contributed by atoms with Gasteiger partial charge in [0.05, 0.1) is 25.2 Å². The third-order valence-electron chi connectivity index (χ3n) is 5.37. The molecule has 0 saturated carbocycles. The lowest BCUT2D eigenvalue weighted by atomic mass is 9.91. The number of unbranched alkanes of at least 4 members (excludes halogenated alkanes) is 9. The largest absolute Gasteiger partial charge is 0.394 e. The maximum Gasteiger partial charge on any atom is 0.230 e. The van der Waals surface area contributed by atoms with Gasteiger partial charge in [-0.1, -0.05) is 62.8 Å². The first-order valence-electron chi connectivity index (χ1n) is 11.9. The Morgan fingerprint density at radius 3 is 1.80 bits per heavy atom. The summed E-state index contributed by atoms with van der Waals surface area (Å²) in [5.41, 5.74) is 0. The van der Waals surface area contributed by atoms with Crippen LogP contribution in [-0.2, 0) is 9.59 Å². The number of amides is 1. The van der Waals surface area contributed by atoms with E-state index in [1.54, 1.807) is 0 Å². The summed E-state index contributed by atoms with van der Waals surface area (Å²) in [5.74, 6) is -1.03. The van der Waals surface area contributed by atoms with Crippen molar-refractivity contribution < 1.29 is 19.8 Å². The minimum Gasteiger partial charge on any atom is -0.394 e. The Morgan fingerprint density at radius 2 is 1.27 bits per heavy atom. The van der Waals surface area contributed by atoms with Gasteiger partial charge < -0.3 is 15.5 Å². The van der Waals surface area contributed by atoms with E-state index in [-0.39, 0.29) is 24.9 Å². The molecule has 0 aromatic heterocycles. The van der Waals surface area contributed by atoms with Gasteiger partial charge in [-0.2, -0.15) is 0 Å². The second kappa shape index (κ2) is 20.8. The normalized spacial score (nSPS) is 12.8. The fourth-order valence-corrected chi connectivity index (χ4v) is 3.45.